The molecule has 3 rings (SSSR count). The lowest BCUT2D eigenvalue weighted by molar-refractivity contribution is 0.242. The SMILES string of the molecule is CC(C)Oc1ccc(S(=O)(=O)NCc2cccnc2-c2ccco2)cc1. The number of nitrogens with zero attached hydrogens (tertiary/aromatic N) is 1. The highest BCUT2D eigenvalue weighted by atomic mass is 32.2. The molecule has 26 heavy (non-hydrogen) atoms. The summed E-state index contributed by atoms with van der Waals surface area (Å²) in [5, 5.41) is 0. The van der Waals surface area contributed by atoms with Crippen molar-refractivity contribution >= 4 is 10.0 Å². The summed E-state index contributed by atoms with van der Waals surface area (Å²) in [4.78, 5) is 4.47. The molecule has 0 radical (unpaired) electrons. The van der Waals surface area contributed by atoms with E-state index in [-0.39, 0.29) is 17.5 Å². The number of sulfonamides is 1. The predicted octanol–water partition coefficient (Wildman–Crippen LogP) is 3.61. The first-order chi connectivity index (χ1) is 12.5. The Bertz CT molecular complexity index is 949. The van der Waals surface area contributed by atoms with Gasteiger partial charge in [0.25, 0.3) is 0 Å². The fraction of sp³-hybridized carbons (Fsp3) is 0.211. The molecule has 0 bridgehead atoms. The number of aromatic nitrogens is 1. The number of ether oxygens (including phenoxy) is 1. The maximum atomic E-state index is 12.5. The van der Waals surface area contributed by atoms with Gasteiger partial charge in [0.1, 0.15) is 11.4 Å². The third-order valence-electron chi connectivity index (χ3n) is 3.60. The Balaban J connectivity index is 1.75. The Morgan fingerprint density at radius 2 is 1.88 bits per heavy atom. The number of nitrogens with one attached hydrogen (secondary N) is 1. The monoisotopic (exact) mass is 372 g/mol. The highest BCUT2D eigenvalue weighted by Gasteiger charge is 2.16. The molecule has 3 aromatic rings. The molecule has 0 spiro atoms. The molecule has 0 fully saturated rings. The first-order valence-corrected chi connectivity index (χ1v) is 9.68. The fourth-order valence-corrected chi connectivity index (χ4v) is 3.45. The summed E-state index contributed by atoms with van der Waals surface area (Å²) in [5.74, 6) is 1.22. The minimum atomic E-state index is -3.65. The van der Waals surface area contributed by atoms with Crippen molar-refractivity contribution in [2.75, 3.05) is 0 Å². The maximum absolute atomic E-state index is 12.5. The third kappa shape index (κ3) is 4.30. The van der Waals surface area contributed by atoms with Gasteiger partial charge in [-0.15, -0.1) is 0 Å². The van der Waals surface area contributed by atoms with E-state index in [0.717, 1.165) is 5.56 Å². The topological polar surface area (TPSA) is 81.4 Å². The highest BCUT2D eigenvalue weighted by Crippen LogP contribution is 2.22. The lowest BCUT2D eigenvalue weighted by Crippen LogP contribution is -2.23. The molecule has 1 N–H and O–H groups in total. The van der Waals surface area contributed by atoms with E-state index in [1.807, 2.05) is 19.9 Å². The van der Waals surface area contributed by atoms with Gasteiger partial charge in [0.2, 0.25) is 10.0 Å². The van der Waals surface area contributed by atoms with Gasteiger partial charge in [0.15, 0.2) is 5.76 Å². The molecule has 1 aromatic carbocycles. The quantitative estimate of drug-likeness (QED) is 0.685. The molecule has 2 heterocycles. The lowest BCUT2D eigenvalue weighted by atomic mass is 10.1. The van der Waals surface area contributed by atoms with Crippen LogP contribution in [0.5, 0.6) is 5.75 Å². The number of furan rings is 1. The molecule has 0 saturated carbocycles. The molecule has 0 aliphatic carbocycles. The highest BCUT2D eigenvalue weighted by molar-refractivity contribution is 7.89. The largest absolute Gasteiger partial charge is 0.491 e. The number of rotatable bonds is 7. The average molecular weight is 372 g/mol. The standard InChI is InChI=1S/C19H20N2O4S/c1-14(2)25-16-7-9-17(10-8-16)26(22,23)21-13-15-5-3-11-20-19(15)18-6-4-12-24-18/h3-12,14,21H,13H2,1-2H3. The van der Waals surface area contributed by atoms with E-state index in [4.69, 9.17) is 9.15 Å². The van der Waals surface area contributed by atoms with E-state index in [2.05, 4.69) is 9.71 Å². The molecular weight excluding hydrogens is 352 g/mol. The Hall–Kier alpha value is -2.64. The average Bonchev–Trinajstić information content (AvgIpc) is 3.15. The molecule has 0 amide bonds. The summed E-state index contributed by atoms with van der Waals surface area (Å²) in [7, 11) is -3.65. The Labute approximate surface area is 152 Å². The minimum absolute atomic E-state index is 0.0289. The van der Waals surface area contributed by atoms with E-state index in [0.29, 0.717) is 17.2 Å². The van der Waals surface area contributed by atoms with Crippen LogP contribution >= 0.6 is 0 Å². The summed E-state index contributed by atoms with van der Waals surface area (Å²) in [6.45, 7) is 3.93. The lowest BCUT2D eigenvalue weighted by Gasteiger charge is -2.11. The van der Waals surface area contributed by atoms with E-state index in [1.165, 1.54) is 12.1 Å². The Morgan fingerprint density at radius 3 is 2.54 bits per heavy atom. The van der Waals surface area contributed by atoms with E-state index >= 15 is 0 Å². The smallest absolute Gasteiger partial charge is 0.240 e. The normalized spacial score (nSPS) is 11.7. The molecule has 0 aliphatic rings. The van der Waals surface area contributed by atoms with Crippen LogP contribution in [0.15, 0.2) is 70.3 Å². The van der Waals surface area contributed by atoms with Gasteiger partial charge in [-0.25, -0.2) is 13.1 Å². The predicted molar refractivity (Wildman–Crippen MR) is 98.2 cm³/mol. The summed E-state index contributed by atoms with van der Waals surface area (Å²) in [6.07, 6.45) is 3.23. The van der Waals surface area contributed by atoms with E-state index in [9.17, 15) is 8.42 Å². The van der Waals surface area contributed by atoms with Gasteiger partial charge >= 0.3 is 0 Å². The number of hydrogen-bond acceptors (Lipinski definition) is 5. The van der Waals surface area contributed by atoms with Gasteiger partial charge in [-0.1, -0.05) is 6.07 Å². The van der Waals surface area contributed by atoms with Gasteiger partial charge in [-0.2, -0.15) is 0 Å². The van der Waals surface area contributed by atoms with Crippen LogP contribution in [0.1, 0.15) is 19.4 Å². The Kier molecular flexibility index (Phi) is 5.39. The van der Waals surface area contributed by atoms with E-state index < -0.39 is 10.0 Å². The number of hydrogen-bond donors (Lipinski definition) is 1. The van der Waals surface area contributed by atoms with Crippen molar-refractivity contribution in [2.45, 2.75) is 31.4 Å². The van der Waals surface area contributed by atoms with Gasteiger partial charge in [-0.05, 0) is 61.9 Å². The number of pyridine rings is 1. The second kappa shape index (κ2) is 7.72. The van der Waals surface area contributed by atoms with Crippen LogP contribution in [0, 0.1) is 0 Å². The van der Waals surface area contributed by atoms with Crippen molar-refractivity contribution in [3.63, 3.8) is 0 Å². The van der Waals surface area contributed by atoms with Crippen LogP contribution in [-0.4, -0.2) is 19.5 Å². The van der Waals surface area contributed by atoms with Gasteiger partial charge in [0.05, 0.1) is 17.3 Å². The van der Waals surface area contributed by atoms with Crippen LogP contribution in [0.3, 0.4) is 0 Å². The van der Waals surface area contributed by atoms with Crippen molar-refractivity contribution in [1.29, 1.82) is 0 Å². The molecule has 0 atom stereocenters. The van der Waals surface area contributed by atoms with Crippen molar-refractivity contribution in [2.24, 2.45) is 0 Å². The molecule has 0 saturated heterocycles. The van der Waals surface area contributed by atoms with E-state index in [1.54, 1.807) is 42.8 Å². The second-order valence-corrected chi connectivity index (χ2v) is 7.72. The zero-order valence-corrected chi connectivity index (χ0v) is 15.4. The van der Waals surface area contributed by atoms with Gasteiger partial charge in [0, 0.05) is 12.7 Å². The minimum Gasteiger partial charge on any atom is -0.491 e. The van der Waals surface area contributed by atoms with Crippen LogP contribution in [0.2, 0.25) is 0 Å². The zero-order chi connectivity index (χ0) is 18.6. The third-order valence-corrected chi connectivity index (χ3v) is 5.02. The molecule has 0 aliphatic heterocycles. The summed E-state index contributed by atoms with van der Waals surface area (Å²) in [5.41, 5.74) is 1.34. The molecule has 136 valence electrons. The zero-order valence-electron chi connectivity index (χ0n) is 14.5. The van der Waals surface area contributed by atoms with Gasteiger partial charge in [-0.3, -0.25) is 4.98 Å². The fourth-order valence-electron chi connectivity index (χ4n) is 2.44. The molecule has 6 nitrogen and oxygen atoms in total. The number of benzene rings is 1. The van der Waals surface area contributed by atoms with Crippen LogP contribution in [-0.2, 0) is 16.6 Å². The molecule has 0 unspecified atom stereocenters. The second-order valence-electron chi connectivity index (χ2n) is 5.95. The summed E-state index contributed by atoms with van der Waals surface area (Å²) in [6, 6.07) is 13.5. The van der Waals surface area contributed by atoms with Crippen LogP contribution < -0.4 is 9.46 Å². The van der Waals surface area contributed by atoms with Crippen LogP contribution in [0.25, 0.3) is 11.5 Å². The summed E-state index contributed by atoms with van der Waals surface area (Å²) >= 11 is 0. The molecule has 7 heteroatoms. The summed E-state index contributed by atoms with van der Waals surface area (Å²) < 4.78 is 38.6. The van der Waals surface area contributed by atoms with Crippen molar-refractivity contribution in [3.05, 3.63) is 66.6 Å². The molecule has 2 aromatic heterocycles. The molecular formula is C19H20N2O4S. The Morgan fingerprint density at radius 1 is 1.12 bits per heavy atom. The van der Waals surface area contributed by atoms with Gasteiger partial charge < -0.3 is 9.15 Å². The maximum Gasteiger partial charge on any atom is 0.240 e. The van der Waals surface area contributed by atoms with Crippen molar-refractivity contribution in [3.8, 4) is 17.2 Å². The first kappa shape index (κ1) is 18.2. The van der Waals surface area contributed by atoms with Crippen LogP contribution in [0.4, 0.5) is 0 Å². The van der Waals surface area contributed by atoms with Crippen molar-refractivity contribution < 1.29 is 17.6 Å². The van der Waals surface area contributed by atoms with Crippen molar-refractivity contribution in [1.82, 2.24) is 9.71 Å². The first-order valence-electron chi connectivity index (χ1n) is 8.20.